The average molecular weight is 803 g/mol. The summed E-state index contributed by atoms with van der Waals surface area (Å²) in [5.41, 5.74) is 15.9. The van der Waals surface area contributed by atoms with E-state index in [0.717, 1.165) is 49.3 Å². The molecule has 0 atom stereocenters. The summed E-state index contributed by atoms with van der Waals surface area (Å²) in [6.07, 6.45) is 0. The fraction of sp³-hybridized carbons (Fsp3) is 0.0492. The normalized spacial score (nSPS) is 13.4. The first-order valence-electron chi connectivity index (χ1n) is 21.9. The van der Waals surface area contributed by atoms with E-state index < -0.39 is 0 Å². The maximum atomic E-state index is 6.79. The van der Waals surface area contributed by atoms with Crippen LogP contribution in [-0.2, 0) is 5.41 Å². The van der Waals surface area contributed by atoms with Gasteiger partial charge in [-0.3, -0.25) is 0 Å². The second-order valence-corrected chi connectivity index (χ2v) is 17.8. The molecular formula is C61H38O2. The SMILES string of the molecule is CC1(C)c2ccc(-c3c4ccccc4c(-c4cccc5ccccc45)c4ccccc34)cc2-c2cccc(-c3cc4oc5ccc6c7ccccc7oc6c5c4c4ccccc34)c21. The minimum Gasteiger partial charge on any atom is -0.456 e. The van der Waals surface area contributed by atoms with Gasteiger partial charge in [0.1, 0.15) is 22.3 Å². The Labute approximate surface area is 363 Å². The van der Waals surface area contributed by atoms with Crippen LogP contribution in [0.4, 0.5) is 0 Å². The maximum Gasteiger partial charge on any atom is 0.147 e. The number of hydrogen-bond donors (Lipinski definition) is 0. The summed E-state index contributed by atoms with van der Waals surface area (Å²) >= 11 is 0. The topological polar surface area (TPSA) is 26.3 Å². The van der Waals surface area contributed by atoms with E-state index in [1.165, 1.54) is 93.3 Å². The van der Waals surface area contributed by atoms with Gasteiger partial charge in [0.15, 0.2) is 0 Å². The molecule has 2 heteroatoms. The van der Waals surface area contributed by atoms with Crippen molar-refractivity contribution in [3.05, 3.63) is 205 Å². The third-order valence-corrected chi connectivity index (χ3v) is 14.2. The molecule has 2 nitrogen and oxygen atoms in total. The Kier molecular flexibility index (Phi) is 6.93. The molecule has 0 radical (unpaired) electrons. The highest BCUT2D eigenvalue weighted by molar-refractivity contribution is 6.30. The number of para-hydroxylation sites is 1. The van der Waals surface area contributed by atoms with Gasteiger partial charge in [0, 0.05) is 21.6 Å². The third-order valence-electron chi connectivity index (χ3n) is 14.2. The zero-order valence-corrected chi connectivity index (χ0v) is 34.8. The van der Waals surface area contributed by atoms with E-state index in [1.807, 2.05) is 12.1 Å². The van der Waals surface area contributed by atoms with Crippen LogP contribution < -0.4 is 0 Å². The lowest BCUT2D eigenvalue weighted by Gasteiger charge is -2.25. The zero-order valence-electron chi connectivity index (χ0n) is 34.8. The van der Waals surface area contributed by atoms with Crippen LogP contribution in [0.3, 0.4) is 0 Å². The molecule has 14 rings (SSSR count). The second kappa shape index (κ2) is 12.6. The van der Waals surface area contributed by atoms with Gasteiger partial charge in [0.2, 0.25) is 0 Å². The fourth-order valence-electron chi connectivity index (χ4n) is 11.6. The standard InChI is InChI=1S/C61H38O2/c1-61(2)51-31-29-36(55-42-21-7-9-23-44(42)56(45-24-10-8-22-43(45)55)40-25-13-16-35-15-3-4-17-37(35)40)33-50(51)47-27-14-26-46(59(47)61)49-34-54-57(41-20-6-5-18-38(41)49)58-53(62-54)32-30-48-39-19-11-12-28-52(39)63-60(48)58/h3-34H,1-2H3. The molecule has 2 heterocycles. The molecular weight excluding hydrogens is 765 g/mol. The van der Waals surface area contributed by atoms with Gasteiger partial charge in [-0.15, -0.1) is 0 Å². The van der Waals surface area contributed by atoms with Crippen molar-refractivity contribution in [2.75, 3.05) is 0 Å². The van der Waals surface area contributed by atoms with Crippen LogP contribution in [0.5, 0.6) is 0 Å². The lowest BCUT2D eigenvalue weighted by molar-refractivity contribution is 0.660. The summed E-state index contributed by atoms with van der Waals surface area (Å²) in [4.78, 5) is 0. The summed E-state index contributed by atoms with van der Waals surface area (Å²) in [6, 6.07) is 71.2. The predicted molar refractivity (Wildman–Crippen MR) is 265 cm³/mol. The summed E-state index contributed by atoms with van der Waals surface area (Å²) in [5.74, 6) is 0. The maximum absolute atomic E-state index is 6.79. The summed E-state index contributed by atoms with van der Waals surface area (Å²) in [6.45, 7) is 4.79. The number of rotatable bonds is 3. The van der Waals surface area contributed by atoms with E-state index in [1.54, 1.807) is 0 Å². The Morgan fingerprint density at radius 3 is 1.68 bits per heavy atom. The second-order valence-electron chi connectivity index (χ2n) is 17.8. The highest BCUT2D eigenvalue weighted by atomic mass is 16.3. The largest absolute Gasteiger partial charge is 0.456 e. The van der Waals surface area contributed by atoms with Gasteiger partial charge in [-0.1, -0.05) is 178 Å². The summed E-state index contributed by atoms with van der Waals surface area (Å²) < 4.78 is 13.4. The summed E-state index contributed by atoms with van der Waals surface area (Å²) in [5, 5.41) is 14.3. The van der Waals surface area contributed by atoms with Crippen molar-refractivity contribution < 1.29 is 8.83 Å². The molecule has 0 aliphatic heterocycles. The molecule has 0 N–H and O–H groups in total. The molecule has 1 aliphatic rings. The van der Waals surface area contributed by atoms with Gasteiger partial charge < -0.3 is 8.83 Å². The molecule has 0 bridgehead atoms. The highest BCUT2D eigenvalue weighted by Gasteiger charge is 2.38. The minimum atomic E-state index is -0.257. The van der Waals surface area contributed by atoms with Crippen molar-refractivity contribution in [2.45, 2.75) is 19.3 Å². The van der Waals surface area contributed by atoms with Crippen molar-refractivity contribution in [3.63, 3.8) is 0 Å². The Bertz CT molecular complexity index is 4060. The van der Waals surface area contributed by atoms with E-state index in [9.17, 15) is 0 Å². The first-order valence-corrected chi connectivity index (χ1v) is 21.9. The van der Waals surface area contributed by atoms with Crippen LogP contribution in [0.2, 0.25) is 0 Å². The van der Waals surface area contributed by atoms with E-state index in [-0.39, 0.29) is 5.41 Å². The molecule has 294 valence electrons. The number of fused-ring (bicyclic) bond motifs is 15. The molecule has 0 saturated carbocycles. The predicted octanol–water partition coefficient (Wildman–Crippen LogP) is 17.4. The molecule has 0 unspecified atom stereocenters. The van der Waals surface area contributed by atoms with Crippen molar-refractivity contribution in [1.29, 1.82) is 0 Å². The van der Waals surface area contributed by atoms with Crippen molar-refractivity contribution in [2.24, 2.45) is 0 Å². The van der Waals surface area contributed by atoms with Crippen LogP contribution in [0.25, 0.3) is 131 Å². The van der Waals surface area contributed by atoms with Crippen LogP contribution in [0.1, 0.15) is 25.0 Å². The molecule has 1 aliphatic carbocycles. The molecule has 13 aromatic rings. The quantitative estimate of drug-likeness (QED) is 0.166. The van der Waals surface area contributed by atoms with E-state index in [4.69, 9.17) is 8.83 Å². The van der Waals surface area contributed by atoms with E-state index in [2.05, 4.69) is 196 Å². The first-order chi connectivity index (χ1) is 31.0. The molecule has 0 fully saturated rings. The monoisotopic (exact) mass is 802 g/mol. The fourth-order valence-corrected chi connectivity index (χ4v) is 11.6. The van der Waals surface area contributed by atoms with Gasteiger partial charge in [-0.2, -0.15) is 0 Å². The van der Waals surface area contributed by atoms with Crippen molar-refractivity contribution in [3.8, 4) is 44.5 Å². The van der Waals surface area contributed by atoms with Gasteiger partial charge in [0.05, 0.1) is 5.39 Å². The Hall–Kier alpha value is -7.94. The van der Waals surface area contributed by atoms with E-state index in [0.29, 0.717) is 0 Å². The number of benzene rings is 11. The van der Waals surface area contributed by atoms with Gasteiger partial charge in [-0.05, 0) is 129 Å². The van der Waals surface area contributed by atoms with Crippen LogP contribution in [0.15, 0.2) is 203 Å². The van der Waals surface area contributed by atoms with Crippen molar-refractivity contribution in [1.82, 2.24) is 0 Å². The summed E-state index contributed by atoms with van der Waals surface area (Å²) in [7, 11) is 0. The van der Waals surface area contributed by atoms with Gasteiger partial charge >= 0.3 is 0 Å². The zero-order chi connectivity index (χ0) is 41.6. The molecule has 11 aromatic carbocycles. The smallest absolute Gasteiger partial charge is 0.147 e. The van der Waals surface area contributed by atoms with E-state index >= 15 is 0 Å². The van der Waals surface area contributed by atoms with Crippen LogP contribution >= 0.6 is 0 Å². The molecule has 0 saturated heterocycles. The average Bonchev–Trinajstić information content (AvgIpc) is 3.98. The Morgan fingerprint density at radius 1 is 0.333 bits per heavy atom. The van der Waals surface area contributed by atoms with Crippen molar-refractivity contribution >= 4 is 87.0 Å². The molecule has 0 amide bonds. The molecule has 2 aromatic heterocycles. The van der Waals surface area contributed by atoms with Gasteiger partial charge in [0.25, 0.3) is 0 Å². The minimum absolute atomic E-state index is 0.257. The molecule has 63 heavy (non-hydrogen) atoms. The third kappa shape index (κ3) is 4.67. The Balaban J connectivity index is 0.991. The van der Waals surface area contributed by atoms with Gasteiger partial charge in [-0.25, -0.2) is 0 Å². The number of furan rings is 2. The highest BCUT2D eigenvalue weighted by Crippen LogP contribution is 2.55. The van der Waals surface area contributed by atoms with Crippen LogP contribution in [0, 0.1) is 0 Å². The lowest BCUT2D eigenvalue weighted by Crippen LogP contribution is -2.16. The molecule has 0 spiro atoms. The van der Waals surface area contributed by atoms with Crippen LogP contribution in [-0.4, -0.2) is 0 Å². The lowest BCUT2D eigenvalue weighted by atomic mass is 9.78. The first kappa shape index (κ1) is 34.7. The Morgan fingerprint density at radius 2 is 0.921 bits per heavy atom. The number of hydrogen-bond acceptors (Lipinski definition) is 2.